The fourth-order valence-electron chi connectivity index (χ4n) is 3.15. The molecule has 18 heavy (non-hydrogen) atoms. The summed E-state index contributed by atoms with van der Waals surface area (Å²) < 4.78 is 5.18. The van der Waals surface area contributed by atoms with Gasteiger partial charge in [0.1, 0.15) is 12.9 Å². The van der Waals surface area contributed by atoms with Crippen molar-refractivity contribution in [2.45, 2.75) is 26.7 Å². The van der Waals surface area contributed by atoms with Crippen LogP contribution in [0.5, 0.6) is 0 Å². The van der Waals surface area contributed by atoms with E-state index in [1.165, 1.54) is 0 Å². The van der Waals surface area contributed by atoms with Gasteiger partial charge in [-0.3, -0.25) is 9.59 Å². The third kappa shape index (κ3) is 2.26. The standard InChI is InChI=1S/C15H20O3/c1-9(2)12-5-4-10(3)14-13(12)6-11(7-16)8-18-15(14)17/h6-7,9,12-14H,3-5,8H2,1-2H3/t12-,13-,14-/m1/s1. The van der Waals surface area contributed by atoms with Crippen molar-refractivity contribution in [2.24, 2.45) is 23.7 Å². The maximum absolute atomic E-state index is 12.1. The third-order valence-electron chi connectivity index (χ3n) is 4.17. The number of cyclic esters (lactones) is 1. The average molecular weight is 248 g/mol. The van der Waals surface area contributed by atoms with Crippen molar-refractivity contribution in [2.75, 3.05) is 6.61 Å². The van der Waals surface area contributed by atoms with Gasteiger partial charge in [0, 0.05) is 5.57 Å². The van der Waals surface area contributed by atoms with E-state index < -0.39 is 0 Å². The number of hydrogen-bond acceptors (Lipinski definition) is 3. The Hall–Kier alpha value is -1.38. The summed E-state index contributed by atoms with van der Waals surface area (Å²) in [7, 11) is 0. The lowest BCUT2D eigenvalue weighted by Gasteiger charge is -2.38. The molecule has 2 aliphatic rings. The maximum Gasteiger partial charge on any atom is 0.314 e. The number of carbonyl (C=O) groups is 2. The van der Waals surface area contributed by atoms with Crippen LogP contribution in [0.4, 0.5) is 0 Å². The Kier molecular flexibility index (Phi) is 3.69. The number of allylic oxidation sites excluding steroid dienone is 1. The largest absolute Gasteiger partial charge is 0.460 e. The summed E-state index contributed by atoms with van der Waals surface area (Å²) in [4.78, 5) is 23.0. The van der Waals surface area contributed by atoms with Gasteiger partial charge >= 0.3 is 5.97 Å². The number of fused-ring (bicyclic) bond motifs is 1. The minimum atomic E-state index is -0.261. The van der Waals surface area contributed by atoms with Crippen molar-refractivity contribution >= 4 is 12.3 Å². The molecule has 3 nitrogen and oxygen atoms in total. The van der Waals surface area contributed by atoms with Crippen molar-refractivity contribution in [3.05, 3.63) is 23.8 Å². The van der Waals surface area contributed by atoms with E-state index in [0.29, 0.717) is 17.4 Å². The second-order valence-corrected chi connectivity index (χ2v) is 5.63. The molecule has 0 N–H and O–H groups in total. The number of aldehydes is 1. The second kappa shape index (κ2) is 5.09. The first kappa shape index (κ1) is 13.1. The Morgan fingerprint density at radius 3 is 2.83 bits per heavy atom. The molecule has 1 saturated carbocycles. The van der Waals surface area contributed by atoms with Crippen LogP contribution in [0.3, 0.4) is 0 Å². The van der Waals surface area contributed by atoms with Gasteiger partial charge in [-0.15, -0.1) is 0 Å². The highest BCUT2D eigenvalue weighted by Gasteiger charge is 2.41. The molecule has 0 radical (unpaired) electrons. The van der Waals surface area contributed by atoms with E-state index in [0.717, 1.165) is 24.7 Å². The monoisotopic (exact) mass is 248 g/mol. The molecule has 0 bridgehead atoms. The van der Waals surface area contributed by atoms with E-state index in [1.807, 2.05) is 6.08 Å². The van der Waals surface area contributed by atoms with E-state index in [9.17, 15) is 9.59 Å². The average Bonchev–Trinajstić information content (AvgIpc) is 2.49. The zero-order valence-electron chi connectivity index (χ0n) is 11.0. The summed E-state index contributed by atoms with van der Waals surface area (Å²) in [5.41, 5.74) is 1.53. The van der Waals surface area contributed by atoms with Gasteiger partial charge < -0.3 is 4.74 Å². The molecule has 3 heteroatoms. The maximum atomic E-state index is 12.1. The van der Waals surface area contributed by atoms with Crippen molar-refractivity contribution in [3.8, 4) is 0 Å². The Morgan fingerprint density at radius 1 is 1.50 bits per heavy atom. The molecule has 0 spiro atoms. The zero-order valence-corrected chi connectivity index (χ0v) is 11.0. The molecule has 1 aliphatic heterocycles. The molecule has 2 rings (SSSR count). The Balaban J connectivity index is 2.40. The molecule has 0 aromatic heterocycles. The van der Waals surface area contributed by atoms with Crippen LogP contribution in [-0.4, -0.2) is 18.9 Å². The van der Waals surface area contributed by atoms with Crippen molar-refractivity contribution in [1.29, 1.82) is 0 Å². The quantitative estimate of drug-likeness (QED) is 0.428. The van der Waals surface area contributed by atoms with Gasteiger partial charge in [0.2, 0.25) is 0 Å². The van der Waals surface area contributed by atoms with Crippen LogP contribution < -0.4 is 0 Å². The van der Waals surface area contributed by atoms with Crippen LogP contribution >= 0.6 is 0 Å². The first-order valence-electron chi connectivity index (χ1n) is 6.54. The number of esters is 1. The van der Waals surface area contributed by atoms with Gasteiger partial charge in [-0.1, -0.05) is 32.1 Å². The molecular formula is C15H20O3. The lowest BCUT2D eigenvalue weighted by atomic mass is 9.66. The highest BCUT2D eigenvalue weighted by atomic mass is 16.5. The molecular weight excluding hydrogens is 228 g/mol. The van der Waals surface area contributed by atoms with Crippen LogP contribution in [0, 0.1) is 23.7 Å². The Bertz CT molecular complexity index is 406. The number of rotatable bonds is 2. The predicted octanol–water partition coefficient (Wildman–Crippen LogP) is 2.52. The highest BCUT2D eigenvalue weighted by molar-refractivity contribution is 5.81. The fourth-order valence-corrected chi connectivity index (χ4v) is 3.15. The number of carbonyl (C=O) groups excluding carboxylic acids is 2. The molecule has 3 atom stereocenters. The minimum Gasteiger partial charge on any atom is -0.460 e. The molecule has 0 amide bonds. The van der Waals surface area contributed by atoms with Crippen LogP contribution in [0.15, 0.2) is 23.8 Å². The summed E-state index contributed by atoms with van der Waals surface area (Å²) in [5, 5.41) is 0. The number of ether oxygens (including phenoxy) is 1. The smallest absolute Gasteiger partial charge is 0.314 e. The van der Waals surface area contributed by atoms with Gasteiger partial charge in [0.25, 0.3) is 0 Å². The summed E-state index contributed by atoms with van der Waals surface area (Å²) in [6.45, 7) is 8.46. The van der Waals surface area contributed by atoms with Gasteiger partial charge in [0.15, 0.2) is 0 Å². The van der Waals surface area contributed by atoms with Crippen LogP contribution in [0.1, 0.15) is 26.7 Å². The fraction of sp³-hybridized carbons (Fsp3) is 0.600. The Morgan fingerprint density at radius 2 is 2.22 bits per heavy atom. The molecule has 0 saturated heterocycles. The van der Waals surface area contributed by atoms with Crippen molar-refractivity contribution < 1.29 is 14.3 Å². The van der Waals surface area contributed by atoms with Gasteiger partial charge in [-0.05, 0) is 30.6 Å². The second-order valence-electron chi connectivity index (χ2n) is 5.63. The molecule has 1 fully saturated rings. The molecule has 0 aromatic rings. The van der Waals surface area contributed by atoms with Gasteiger partial charge in [-0.2, -0.15) is 0 Å². The van der Waals surface area contributed by atoms with Crippen LogP contribution in [-0.2, 0) is 14.3 Å². The molecule has 0 unspecified atom stereocenters. The first-order valence-corrected chi connectivity index (χ1v) is 6.54. The molecule has 1 heterocycles. The van der Waals surface area contributed by atoms with E-state index in [-0.39, 0.29) is 24.4 Å². The van der Waals surface area contributed by atoms with Crippen molar-refractivity contribution in [3.63, 3.8) is 0 Å². The topological polar surface area (TPSA) is 43.4 Å². The molecule has 98 valence electrons. The molecule has 0 aromatic carbocycles. The third-order valence-corrected chi connectivity index (χ3v) is 4.17. The van der Waals surface area contributed by atoms with Gasteiger partial charge in [0.05, 0.1) is 5.92 Å². The number of hydrogen-bond donors (Lipinski definition) is 0. The summed E-state index contributed by atoms with van der Waals surface area (Å²) in [5.74, 6) is 0.496. The summed E-state index contributed by atoms with van der Waals surface area (Å²) in [6.07, 6.45) is 4.65. The first-order chi connectivity index (χ1) is 8.54. The van der Waals surface area contributed by atoms with Gasteiger partial charge in [-0.25, -0.2) is 0 Å². The van der Waals surface area contributed by atoms with E-state index in [4.69, 9.17) is 4.74 Å². The highest BCUT2D eigenvalue weighted by Crippen LogP contribution is 2.44. The predicted molar refractivity (Wildman–Crippen MR) is 68.8 cm³/mol. The zero-order chi connectivity index (χ0) is 13.3. The minimum absolute atomic E-state index is 0.0708. The Labute approximate surface area is 108 Å². The normalized spacial score (nSPS) is 32.4. The van der Waals surface area contributed by atoms with Crippen LogP contribution in [0.2, 0.25) is 0 Å². The van der Waals surface area contributed by atoms with E-state index in [1.54, 1.807) is 0 Å². The lowest BCUT2D eigenvalue weighted by Crippen LogP contribution is -2.36. The summed E-state index contributed by atoms with van der Waals surface area (Å²) in [6, 6.07) is 0. The van der Waals surface area contributed by atoms with Crippen molar-refractivity contribution in [1.82, 2.24) is 0 Å². The molecule has 1 aliphatic carbocycles. The summed E-state index contributed by atoms with van der Waals surface area (Å²) >= 11 is 0. The van der Waals surface area contributed by atoms with E-state index >= 15 is 0 Å². The van der Waals surface area contributed by atoms with Crippen LogP contribution in [0.25, 0.3) is 0 Å². The van der Waals surface area contributed by atoms with E-state index in [2.05, 4.69) is 20.4 Å². The lowest BCUT2D eigenvalue weighted by molar-refractivity contribution is -0.148. The SMILES string of the molecule is C=C1CC[C@H](C(C)C)[C@H]2C=C(C=O)COC(=O)[C@H]12.